The third kappa shape index (κ3) is 3.88. The van der Waals surface area contributed by atoms with Crippen LogP contribution in [-0.4, -0.2) is 18.5 Å². The Morgan fingerprint density at radius 2 is 1.86 bits per heavy atom. The highest BCUT2D eigenvalue weighted by molar-refractivity contribution is 5.96. The Balaban J connectivity index is 1.94. The van der Waals surface area contributed by atoms with Gasteiger partial charge in [-0.3, -0.25) is 4.79 Å². The number of carbonyl (C=O) groups excluding carboxylic acids is 2. The van der Waals surface area contributed by atoms with Crippen molar-refractivity contribution in [2.24, 2.45) is 0 Å². The molecule has 0 aromatic heterocycles. The van der Waals surface area contributed by atoms with E-state index in [9.17, 15) is 18.4 Å². The van der Waals surface area contributed by atoms with Gasteiger partial charge in [-0.05, 0) is 30.7 Å². The minimum Gasteiger partial charge on any atom is -0.452 e. The summed E-state index contributed by atoms with van der Waals surface area (Å²) in [7, 11) is 0. The highest BCUT2D eigenvalue weighted by Gasteiger charge is 2.13. The van der Waals surface area contributed by atoms with Crippen LogP contribution in [0.15, 0.2) is 42.5 Å². The van der Waals surface area contributed by atoms with Crippen molar-refractivity contribution >= 4 is 17.6 Å². The summed E-state index contributed by atoms with van der Waals surface area (Å²) in [5.74, 6) is -2.88. The smallest absolute Gasteiger partial charge is 0.338 e. The summed E-state index contributed by atoms with van der Waals surface area (Å²) in [6.45, 7) is 1.14. The number of halogens is 2. The van der Waals surface area contributed by atoms with Gasteiger partial charge in [0.25, 0.3) is 5.91 Å². The molecule has 0 radical (unpaired) electrons. The number of anilines is 1. The summed E-state index contributed by atoms with van der Waals surface area (Å²) >= 11 is 0. The molecule has 0 unspecified atom stereocenters. The Bertz CT molecular complexity index is 716. The molecule has 1 N–H and O–H groups in total. The maximum atomic E-state index is 13.4. The van der Waals surface area contributed by atoms with Gasteiger partial charge in [-0.15, -0.1) is 0 Å². The van der Waals surface area contributed by atoms with E-state index in [4.69, 9.17) is 4.74 Å². The van der Waals surface area contributed by atoms with Crippen LogP contribution in [0.4, 0.5) is 14.5 Å². The maximum absolute atomic E-state index is 13.4. The number of rotatable bonds is 4. The van der Waals surface area contributed by atoms with Crippen molar-refractivity contribution in [2.45, 2.75) is 6.92 Å². The lowest BCUT2D eigenvalue weighted by Gasteiger charge is -2.08. The molecular formula is C16H13F2NO3. The molecule has 0 heterocycles. The van der Waals surface area contributed by atoms with E-state index in [0.29, 0.717) is 11.1 Å². The summed E-state index contributed by atoms with van der Waals surface area (Å²) in [5, 5.41) is 2.14. The normalized spacial score (nSPS) is 10.1. The number of ether oxygens (including phenoxy) is 1. The van der Waals surface area contributed by atoms with Gasteiger partial charge in [0, 0.05) is 6.07 Å². The van der Waals surface area contributed by atoms with E-state index in [1.54, 1.807) is 31.2 Å². The summed E-state index contributed by atoms with van der Waals surface area (Å²) in [5.41, 5.74) is 0.744. The summed E-state index contributed by atoms with van der Waals surface area (Å²) < 4.78 is 31.2. The second-order valence-electron chi connectivity index (χ2n) is 4.56. The number of hydrogen-bond acceptors (Lipinski definition) is 3. The SMILES string of the molecule is Cc1ccccc1C(=O)OCC(=O)Nc1cc(F)ccc1F. The monoisotopic (exact) mass is 305 g/mol. The number of amides is 1. The van der Waals surface area contributed by atoms with Crippen molar-refractivity contribution in [1.82, 2.24) is 0 Å². The van der Waals surface area contributed by atoms with Crippen LogP contribution < -0.4 is 5.32 Å². The summed E-state index contributed by atoms with van der Waals surface area (Å²) in [6.07, 6.45) is 0. The molecule has 22 heavy (non-hydrogen) atoms. The van der Waals surface area contributed by atoms with Gasteiger partial charge in [0.05, 0.1) is 11.3 Å². The van der Waals surface area contributed by atoms with Crippen LogP contribution in [-0.2, 0) is 9.53 Å². The van der Waals surface area contributed by atoms with E-state index in [-0.39, 0.29) is 5.69 Å². The topological polar surface area (TPSA) is 55.4 Å². The lowest BCUT2D eigenvalue weighted by Crippen LogP contribution is -2.21. The minimum atomic E-state index is -0.778. The van der Waals surface area contributed by atoms with E-state index >= 15 is 0 Å². The maximum Gasteiger partial charge on any atom is 0.338 e. The molecule has 0 fully saturated rings. The second-order valence-corrected chi connectivity index (χ2v) is 4.56. The molecule has 2 aromatic rings. The lowest BCUT2D eigenvalue weighted by molar-refractivity contribution is -0.119. The van der Waals surface area contributed by atoms with E-state index in [2.05, 4.69) is 5.32 Å². The van der Waals surface area contributed by atoms with Gasteiger partial charge in [-0.25, -0.2) is 13.6 Å². The fourth-order valence-corrected chi connectivity index (χ4v) is 1.79. The first-order valence-electron chi connectivity index (χ1n) is 6.45. The number of esters is 1. The zero-order valence-electron chi connectivity index (χ0n) is 11.7. The van der Waals surface area contributed by atoms with Crippen LogP contribution in [0.5, 0.6) is 0 Å². The molecule has 0 spiro atoms. The highest BCUT2D eigenvalue weighted by Crippen LogP contribution is 2.15. The predicted molar refractivity (Wildman–Crippen MR) is 76.4 cm³/mol. The van der Waals surface area contributed by atoms with Crippen molar-refractivity contribution < 1.29 is 23.1 Å². The van der Waals surface area contributed by atoms with Crippen molar-refractivity contribution in [3.63, 3.8) is 0 Å². The number of aryl methyl sites for hydroxylation is 1. The van der Waals surface area contributed by atoms with E-state index in [1.807, 2.05) is 0 Å². The molecule has 0 aliphatic heterocycles. The first kappa shape index (κ1) is 15.6. The Labute approximate surface area is 125 Å². The fourth-order valence-electron chi connectivity index (χ4n) is 1.79. The van der Waals surface area contributed by atoms with Crippen LogP contribution in [0, 0.1) is 18.6 Å². The number of nitrogens with one attached hydrogen (secondary N) is 1. The Morgan fingerprint density at radius 1 is 1.14 bits per heavy atom. The van der Waals surface area contributed by atoms with Crippen LogP contribution in [0.25, 0.3) is 0 Å². The largest absolute Gasteiger partial charge is 0.452 e. The Morgan fingerprint density at radius 3 is 2.59 bits per heavy atom. The highest BCUT2D eigenvalue weighted by atomic mass is 19.1. The van der Waals surface area contributed by atoms with Crippen molar-refractivity contribution in [1.29, 1.82) is 0 Å². The Kier molecular flexibility index (Phi) is 4.83. The molecule has 0 atom stereocenters. The molecular weight excluding hydrogens is 292 g/mol. The molecule has 0 aliphatic carbocycles. The van der Waals surface area contributed by atoms with Gasteiger partial charge < -0.3 is 10.1 Å². The Hall–Kier alpha value is -2.76. The quantitative estimate of drug-likeness (QED) is 0.883. The molecule has 2 aromatic carbocycles. The van der Waals surface area contributed by atoms with Crippen LogP contribution >= 0.6 is 0 Å². The van der Waals surface area contributed by atoms with Crippen LogP contribution in [0.1, 0.15) is 15.9 Å². The van der Waals surface area contributed by atoms with E-state index < -0.39 is 30.1 Å². The first-order valence-corrected chi connectivity index (χ1v) is 6.45. The van der Waals surface area contributed by atoms with Crippen molar-refractivity contribution in [3.8, 4) is 0 Å². The van der Waals surface area contributed by atoms with Crippen molar-refractivity contribution in [2.75, 3.05) is 11.9 Å². The first-order chi connectivity index (χ1) is 10.5. The molecule has 0 saturated heterocycles. The summed E-state index contributed by atoms with van der Waals surface area (Å²) in [4.78, 5) is 23.4. The average molecular weight is 305 g/mol. The van der Waals surface area contributed by atoms with E-state index in [0.717, 1.165) is 18.2 Å². The van der Waals surface area contributed by atoms with Gasteiger partial charge in [0.2, 0.25) is 0 Å². The molecule has 6 heteroatoms. The van der Waals surface area contributed by atoms with Gasteiger partial charge >= 0.3 is 5.97 Å². The zero-order chi connectivity index (χ0) is 16.1. The predicted octanol–water partition coefficient (Wildman–Crippen LogP) is 3.07. The van der Waals surface area contributed by atoms with Gasteiger partial charge in [-0.2, -0.15) is 0 Å². The third-order valence-corrected chi connectivity index (χ3v) is 2.90. The zero-order valence-corrected chi connectivity index (χ0v) is 11.7. The van der Waals surface area contributed by atoms with E-state index in [1.165, 1.54) is 0 Å². The van der Waals surface area contributed by atoms with Crippen LogP contribution in [0.3, 0.4) is 0 Å². The molecule has 0 aliphatic rings. The lowest BCUT2D eigenvalue weighted by atomic mass is 10.1. The minimum absolute atomic E-state index is 0.308. The summed E-state index contributed by atoms with van der Waals surface area (Å²) in [6, 6.07) is 9.42. The molecule has 0 bridgehead atoms. The second kappa shape index (κ2) is 6.80. The average Bonchev–Trinajstić information content (AvgIpc) is 2.49. The molecule has 0 saturated carbocycles. The van der Waals surface area contributed by atoms with Gasteiger partial charge in [0.15, 0.2) is 6.61 Å². The number of hydrogen-bond donors (Lipinski definition) is 1. The molecule has 2 rings (SSSR count). The third-order valence-electron chi connectivity index (χ3n) is 2.90. The molecule has 114 valence electrons. The van der Waals surface area contributed by atoms with Crippen molar-refractivity contribution in [3.05, 3.63) is 65.2 Å². The standard InChI is InChI=1S/C16H13F2NO3/c1-10-4-2-3-5-12(10)16(21)22-9-15(20)19-14-8-11(17)6-7-13(14)18/h2-8H,9H2,1H3,(H,19,20). The number of carbonyl (C=O) groups is 2. The molecule has 4 nitrogen and oxygen atoms in total. The molecule has 1 amide bonds. The number of benzene rings is 2. The fraction of sp³-hybridized carbons (Fsp3) is 0.125. The van der Waals surface area contributed by atoms with Gasteiger partial charge in [-0.1, -0.05) is 18.2 Å². The van der Waals surface area contributed by atoms with Crippen LogP contribution in [0.2, 0.25) is 0 Å². The van der Waals surface area contributed by atoms with Gasteiger partial charge in [0.1, 0.15) is 11.6 Å².